The lowest BCUT2D eigenvalue weighted by molar-refractivity contribution is -0.115. The molecule has 0 saturated carbocycles. The Labute approximate surface area is 165 Å². The number of amidine groups is 1. The van der Waals surface area contributed by atoms with Crippen LogP contribution in [0, 0.1) is 0 Å². The quantitative estimate of drug-likeness (QED) is 0.720. The van der Waals surface area contributed by atoms with Crippen LogP contribution in [0.2, 0.25) is 0 Å². The van der Waals surface area contributed by atoms with E-state index in [9.17, 15) is 4.79 Å². The van der Waals surface area contributed by atoms with Crippen LogP contribution in [-0.2, 0) is 11.2 Å². The number of aryl methyl sites for hydroxylation is 1. The second kappa shape index (κ2) is 8.91. The van der Waals surface area contributed by atoms with Crippen LogP contribution in [0.5, 0.6) is 0 Å². The van der Waals surface area contributed by atoms with Gasteiger partial charge in [0.1, 0.15) is 0 Å². The van der Waals surface area contributed by atoms with E-state index in [4.69, 9.17) is 0 Å². The first kappa shape index (κ1) is 19.2. The Bertz CT molecular complexity index is 850. The van der Waals surface area contributed by atoms with Crippen molar-refractivity contribution in [1.82, 2.24) is 5.32 Å². The molecule has 140 valence electrons. The van der Waals surface area contributed by atoms with Gasteiger partial charge in [-0.1, -0.05) is 31.2 Å². The minimum Gasteiger partial charge on any atom is -0.372 e. The maximum Gasteiger partial charge on any atom is 0.264 e. The molecule has 5 heteroatoms. The van der Waals surface area contributed by atoms with Gasteiger partial charge in [0, 0.05) is 18.8 Å². The van der Waals surface area contributed by atoms with E-state index in [-0.39, 0.29) is 5.91 Å². The third-order valence-corrected chi connectivity index (χ3v) is 5.46. The third-order valence-electron chi connectivity index (χ3n) is 4.55. The van der Waals surface area contributed by atoms with Gasteiger partial charge in [-0.2, -0.15) is 0 Å². The summed E-state index contributed by atoms with van der Waals surface area (Å²) in [7, 11) is 0. The van der Waals surface area contributed by atoms with Gasteiger partial charge in [0.05, 0.1) is 10.6 Å². The van der Waals surface area contributed by atoms with E-state index in [1.54, 1.807) is 0 Å². The van der Waals surface area contributed by atoms with Gasteiger partial charge in [-0.3, -0.25) is 4.79 Å². The molecule has 1 fully saturated rings. The van der Waals surface area contributed by atoms with Crippen molar-refractivity contribution in [3.63, 3.8) is 0 Å². The van der Waals surface area contributed by atoms with Gasteiger partial charge in [-0.15, -0.1) is 0 Å². The van der Waals surface area contributed by atoms with Crippen LogP contribution in [0.15, 0.2) is 58.4 Å². The normalized spacial score (nSPS) is 16.8. The first-order chi connectivity index (χ1) is 13.1. The largest absolute Gasteiger partial charge is 0.372 e. The molecule has 0 spiro atoms. The summed E-state index contributed by atoms with van der Waals surface area (Å²) in [4.78, 5) is 19.7. The minimum absolute atomic E-state index is 0.100. The summed E-state index contributed by atoms with van der Waals surface area (Å²) in [6.07, 6.45) is 2.91. The minimum atomic E-state index is -0.100. The summed E-state index contributed by atoms with van der Waals surface area (Å²) in [5.74, 6) is -0.100. The van der Waals surface area contributed by atoms with Crippen LogP contribution in [0.1, 0.15) is 31.9 Å². The van der Waals surface area contributed by atoms with Gasteiger partial charge in [-0.25, -0.2) is 4.99 Å². The Morgan fingerprint density at radius 2 is 1.67 bits per heavy atom. The second-order valence-corrected chi connectivity index (χ2v) is 7.30. The Morgan fingerprint density at radius 3 is 2.26 bits per heavy atom. The summed E-state index contributed by atoms with van der Waals surface area (Å²) in [5, 5.41) is 3.47. The van der Waals surface area contributed by atoms with Gasteiger partial charge < -0.3 is 10.2 Å². The number of benzene rings is 2. The number of rotatable bonds is 6. The lowest BCUT2D eigenvalue weighted by Gasteiger charge is -2.20. The lowest BCUT2D eigenvalue weighted by Crippen LogP contribution is -2.21. The van der Waals surface area contributed by atoms with Crippen LogP contribution < -0.4 is 10.2 Å². The van der Waals surface area contributed by atoms with Gasteiger partial charge in [0.25, 0.3) is 5.91 Å². The summed E-state index contributed by atoms with van der Waals surface area (Å²) >= 11 is 1.38. The van der Waals surface area contributed by atoms with Crippen LogP contribution in [0.25, 0.3) is 6.08 Å². The fourth-order valence-corrected chi connectivity index (χ4v) is 3.77. The number of amides is 1. The molecule has 0 atom stereocenters. The fourth-order valence-electron chi connectivity index (χ4n) is 2.93. The number of carbonyl (C=O) groups is 1. The molecule has 1 aliphatic rings. The highest BCUT2D eigenvalue weighted by Crippen LogP contribution is 2.28. The predicted molar refractivity (Wildman–Crippen MR) is 117 cm³/mol. The van der Waals surface area contributed by atoms with E-state index >= 15 is 0 Å². The predicted octanol–water partition coefficient (Wildman–Crippen LogP) is 4.99. The number of nitrogens with one attached hydrogen (secondary N) is 1. The van der Waals surface area contributed by atoms with E-state index in [1.165, 1.54) is 23.0 Å². The van der Waals surface area contributed by atoms with E-state index in [0.717, 1.165) is 30.8 Å². The highest BCUT2D eigenvalue weighted by Gasteiger charge is 2.23. The van der Waals surface area contributed by atoms with E-state index in [1.807, 2.05) is 30.3 Å². The maximum absolute atomic E-state index is 12.3. The van der Waals surface area contributed by atoms with Crippen molar-refractivity contribution in [3.05, 3.63) is 64.6 Å². The number of carbonyl (C=O) groups excluding carboxylic acids is 1. The number of thioether (sulfide) groups is 1. The Balaban J connectivity index is 1.73. The van der Waals surface area contributed by atoms with E-state index in [0.29, 0.717) is 10.1 Å². The van der Waals surface area contributed by atoms with Crippen LogP contribution >= 0.6 is 11.8 Å². The highest BCUT2D eigenvalue weighted by molar-refractivity contribution is 8.18. The average molecular weight is 380 g/mol. The zero-order chi connectivity index (χ0) is 19.2. The first-order valence-corrected chi connectivity index (χ1v) is 10.2. The standard InChI is InChI=1S/C22H25N3OS/c1-4-16-7-11-18(12-8-16)23-22-24-21(26)20(27-22)15-17-9-13-19(14-10-17)25(5-2)6-3/h7-15H,4-6H2,1-3H3,(H,23,24,26). The molecule has 0 unspecified atom stereocenters. The molecule has 27 heavy (non-hydrogen) atoms. The van der Waals surface area contributed by atoms with Crippen LogP contribution in [-0.4, -0.2) is 24.2 Å². The molecular formula is C22H25N3OS. The number of aliphatic imine (C=N–C) groups is 1. The molecule has 3 rings (SSSR count). The first-order valence-electron chi connectivity index (χ1n) is 9.36. The summed E-state index contributed by atoms with van der Waals surface area (Å²) in [6, 6.07) is 16.4. The molecule has 2 aromatic carbocycles. The number of anilines is 1. The molecule has 4 nitrogen and oxygen atoms in total. The lowest BCUT2D eigenvalue weighted by atomic mass is 10.1. The molecule has 0 aliphatic carbocycles. The van der Waals surface area contributed by atoms with E-state index in [2.05, 4.69) is 60.2 Å². The fraction of sp³-hybridized carbons (Fsp3) is 0.273. The van der Waals surface area contributed by atoms with Crippen molar-refractivity contribution < 1.29 is 4.79 Å². The molecule has 0 bridgehead atoms. The summed E-state index contributed by atoms with van der Waals surface area (Å²) in [5.41, 5.74) is 4.33. The van der Waals surface area contributed by atoms with Crippen molar-refractivity contribution in [2.24, 2.45) is 4.99 Å². The zero-order valence-electron chi connectivity index (χ0n) is 16.0. The summed E-state index contributed by atoms with van der Waals surface area (Å²) < 4.78 is 0. The Hall–Kier alpha value is -2.53. The zero-order valence-corrected chi connectivity index (χ0v) is 16.8. The Kier molecular flexibility index (Phi) is 6.35. The molecule has 1 heterocycles. The van der Waals surface area contributed by atoms with Crippen molar-refractivity contribution in [2.45, 2.75) is 27.2 Å². The molecule has 0 aromatic heterocycles. The highest BCUT2D eigenvalue weighted by atomic mass is 32.2. The molecule has 1 aliphatic heterocycles. The van der Waals surface area contributed by atoms with Gasteiger partial charge >= 0.3 is 0 Å². The monoisotopic (exact) mass is 379 g/mol. The SMILES string of the molecule is CCc1ccc(N=C2NC(=O)C(=Cc3ccc(N(CC)CC)cc3)S2)cc1. The van der Waals surface area contributed by atoms with Gasteiger partial charge in [0.15, 0.2) is 5.17 Å². The number of hydrogen-bond acceptors (Lipinski definition) is 4. The topological polar surface area (TPSA) is 44.7 Å². The molecule has 1 saturated heterocycles. The maximum atomic E-state index is 12.3. The molecule has 2 aromatic rings. The second-order valence-electron chi connectivity index (χ2n) is 6.27. The number of hydrogen-bond donors (Lipinski definition) is 1. The molecule has 1 N–H and O–H groups in total. The van der Waals surface area contributed by atoms with Crippen molar-refractivity contribution in [2.75, 3.05) is 18.0 Å². The van der Waals surface area contributed by atoms with Crippen molar-refractivity contribution >= 4 is 40.3 Å². The number of nitrogens with zero attached hydrogens (tertiary/aromatic N) is 2. The van der Waals surface area contributed by atoms with E-state index < -0.39 is 0 Å². The smallest absolute Gasteiger partial charge is 0.264 e. The third kappa shape index (κ3) is 4.80. The molecule has 0 radical (unpaired) electrons. The van der Waals surface area contributed by atoms with Crippen LogP contribution in [0.4, 0.5) is 11.4 Å². The Morgan fingerprint density at radius 1 is 1.00 bits per heavy atom. The van der Waals surface area contributed by atoms with Gasteiger partial charge in [0.2, 0.25) is 0 Å². The van der Waals surface area contributed by atoms with Crippen LogP contribution in [0.3, 0.4) is 0 Å². The van der Waals surface area contributed by atoms with Crippen molar-refractivity contribution in [1.29, 1.82) is 0 Å². The molecule has 1 amide bonds. The average Bonchev–Trinajstić information content (AvgIpc) is 3.03. The van der Waals surface area contributed by atoms with Gasteiger partial charge in [-0.05, 0) is 73.5 Å². The summed E-state index contributed by atoms with van der Waals surface area (Å²) in [6.45, 7) is 8.38. The van der Waals surface area contributed by atoms with Crippen molar-refractivity contribution in [3.8, 4) is 0 Å². The molecular weight excluding hydrogens is 354 g/mol.